The number of benzene rings is 1. The standard InChI is InChI=1S/C29H31F2N5O6/c1-28(2,3)41-27(39)35-13-9-21(19(16-35)25(37)33-29(10-11-29)24-6-4-5-12-36(24)40)32-26(38)22-15-23(42-34-22)18-8-7-17(30)14-20(18)31/h4-8,12,14-15,19,21H,9-11,13,16H2,1-3H3,(H,32,38)(H,33,37)/t19-,21-/m1/s1. The minimum Gasteiger partial charge on any atom is -0.618 e. The minimum absolute atomic E-state index is 0.0429. The number of hydrogen-bond acceptors (Lipinski definition) is 7. The van der Waals surface area contributed by atoms with Crippen LogP contribution in [0.1, 0.15) is 56.2 Å². The average molecular weight is 584 g/mol. The fourth-order valence-corrected chi connectivity index (χ4v) is 5.02. The molecule has 0 unspecified atom stereocenters. The van der Waals surface area contributed by atoms with Gasteiger partial charge in [-0.05, 0) is 58.2 Å². The molecule has 2 fully saturated rings. The summed E-state index contributed by atoms with van der Waals surface area (Å²) in [6, 6.07) is 8.38. The number of amides is 3. The van der Waals surface area contributed by atoms with Crippen LogP contribution in [0.5, 0.6) is 0 Å². The Hall–Kier alpha value is -4.55. The van der Waals surface area contributed by atoms with Crippen molar-refractivity contribution in [1.29, 1.82) is 0 Å². The number of carbonyl (C=O) groups excluding carboxylic acids is 3. The van der Waals surface area contributed by atoms with E-state index < -0.39 is 52.6 Å². The largest absolute Gasteiger partial charge is 0.618 e. The molecule has 3 aromatic rings. The van der Waals surface area contributed by atoms with Gasteiger partial charge in [0.05, 0.1) is 11.5 Å². The molecule has 1 aliphatic heterocycles. The summed E-state index contributed by atoms with van der Waals surface area (Å²) in [7, 11) is 0. The van der Waals surface area contributed by atoms with Crippen molar-refractivity contribution in [1.82, 2.24) is 20.7 Å². The summed E-state index contributed by atoms with van der Waals surface area (Å²) in [6.07, 6.45) is 2.12. The highest BCUT2D eigenvalue weighted by molar-refractivity contribution is 5.94. The van der Waals surface area contributed by atoms with Gasteiger partial charge in [-0.1, -0.05) is 5.16 Å². The predicted molar refractivity (Wildman–Crippen MR) is 143 cm³/mol. The van der Waals surface area contributed by atoms with Crippen LogP contribution in [0.2, 0.25) is 0 Å². The first kappa shape index (κ1) is 29.0. The Kier molecular flexibility index (Phi) is 7.60. The predicted octanol–water partition coefficient (Wildman–Crippen LogP) is 3.41. The molecule has 2 aliphatic rings. The van der Waals surface area contributed by atoms with E-state index in [1.54, 1.807) is 39.0 Å². The molecule has 5 rings (SSSR count). The number of nitrogens with one attached hydrogen (secondary N) is 2. The Balaban J connectivity index is 1.35. The third kappa shape index (κ3) is 6.19. The Morgan fingerprint density at radius 2 is 1.93 bits per heavy atom. The van der Waals surface area contributed by atoms with Gasteiger partial charge in [0.25, 0.3) is 5.91 Å². The second-order valence-electron chi connectivity index (χ2n) is 11.6. The number of likely N-dealkylation sites (tertiary alicyclic amines) is 1. The monoisotopic (exact) mass is 583 g/mol. The average Bonchev–Trinajstić information content (AvgIpc) is 3.52. The van der Waals surface area contributed by atoms with Gasteiger partial charge in [-0.25, -0.2) is 13.6 Å². The molecule has 13 heteroatoms. The van der Waals surface area contributed by atoms with Gasteiger partial charge in [-0.3, -0.25) is 9.59 Å². The lowest BCUT2D eigenvalue weighted by Gasteiger charge is -2.38. The van der Waals surface area contributed by atoms with Crippen molar-refractivity contribution in [3.05, 3.63) is 76.9 Å². The van der Waals surface area contributed by atoms with Gasteiger partial charge in [0.2, 0.25) is 11.6 Å². The lowest BCUT2D eigenvalue weighted by atomic mass is 9.90. The number of hydrogen-bond donors (Lipinski definition) is 2. The molecular weight excluding hydrogens is 552 g/mol. The van der Waals surface area contributed by atoms with Gasteiger partial charge in [0.1, 0.15) is 22.8 Å². The van der Waals surface area contributed by atoms with Crippen LogP contribution in [0.3, 0.4) is 0 Å². The zero-order valence-corrected chi connectivity index (χ0v) is 23.4. The number of aromatic nitrogens is 2. The van der Waals surface area contributed by atoms with Crippen LogP contribution in [-0.2, 0) is 15.1 Å². The fraction of sp³-hybridized carbons (Fsp3) is 0.414. The second-order valence-corrected chi connectivity index (χ2v) is 11.6. The maximum atomic E-state index is 14.2. The van der Waals surface area contributed by atoms with Gasteiger partial charge in [0, 0.05) is 43.4 Å². The number of halogens is 2. The molecule has 2 aromatic heterocycles. The first-order chi connectivity index (χ1) is 19.8. The van der Waals surface area contributed by atoms with E-state index in [0.29, 0.717) is 29.3 Å². The smallest absolute Gasteiger partial charge is 0.410 e. The van der Waals surface area contributed by atoms with E-state index in [4.69, 9.17) is 9.26 Å². The minimum atomic E-state index is -0.891. The molecule has 3 amide bonds. The SMILES string of the molecule is CC(C)(C)OC(=O)N1CC[C@@H](NC(=O)c2cc(-c3ccc(F)cc3F)on2)[C@H](C(=O)NC2(c3cccc[n+]3[O-])CC2)C1. The molecule has 1 aliphatic carbocycles. The molecule has 1 saturated carbocycles. The Labute approximate surface area is 240 Å². The van der Waals surface area contributed by atoms with Crippen LogP contribution in [0, 0.1) is 22.8 Å². The van der Waals surface area contributed by atoms with Crippen LogP contribution in [-0.4, -0.2) is 52.7 Å². The van der Waals surface area contributed by atoms with Gasteiger partial charge >= 0.3 is 6.09 Å². The molecule has 2 N–H and O–H groups in total. The summed E-state index contributed by atoms with van der Waals surface area (Å²) in [5.41, 5.74) is -1.43. The van der Waals surface area contributed by atoms with Crippen LogP contribution >= 0.6 is 0 Å². The van der Waals surface area contributed by atoms with Crippen molar-refractivity contribution in [2.24, 2.45) is 5.92 Å². The van der Waals surface area contributed by atoms with E-state index >= 15 is 0 Å². The molecule has 1 aromatic carbocycles. The van der Waals surface area contributed by atoms with E-state index in [2.05, 4.69) is 15.8 Å². The summed E-state index contributed by atoms with van der Waals surface area (Å²) in [5.74, 6) is -3.72. The normalized spacial score (nSPS) is 19.6. The maximum Gasteiger partial charge on any atom is 0.410 e. The van der Waals surface area contributed by atoms with Crippen molar-refractivity contribution in [2.75, 3.05) is 13.1 Å². The Morgan fingerprint density at radius 1 is 1.17 bits per heavy atom. The summed E-state index contributed by atoms with van der Waals surface area (Å²) in [6.45, 7) is 5.38. The molecular formula is C29H31F2N5O6. The van der Waals surface area contributed by atoms with Crippen molar-refractivity contribution in [2.45, 2.75) is 57.2 Å². The van der Waals surface area contributed by atoms with Crippen molar-refractivity contribution < 1.29 is 37.2 Å². The summed E-state index contributed by atoms with van der Waals surface area (Å²) in [4.78, 5) is 41.1. The number of piperidine rings is 1. The number of pyridine rings is 1. The molecule has 1 saturated heterocycles. The zero-order chi connectivity index (χ0) is 30.2. The lowest BCUT2D eigenvalue weighted by Crippen LogP contribution is -2.58. The Bertz CT molecular complexity index is 1520. The highest BCUT2D eigenvalue weighted by Crippen LogP contribution is 2.44. The van der Waals surface area contributed by atoms with Gasteiger partial charge in [0.15, 0.2) is 17.7 Å². The molecule has 0 radical (unpaired) electrons. The quantitative estimate of drug-likeness (QED) is 0.335. The van der Waals surface area contributed by atoms with Crippen molar-refractivity contribution in [3.63, 3.8) is 0 Å². The van der Waals surface area contributed by atoms with E-state index in [9.17, 15) is 28.4 Å². The van der Waals surface area contributed by atoms with Crippen molar-refractivity contribution >= 4 is 17.9 Å². The molecule has 222 valence electrons. The number of carbonyl (C=O) groups is 3. The highest BCUT2D eigenvalue weighted by Gasteiger charge is 2.53. The first-order valence-electron chi connectivity index (χ1n) is 13.6. The van der Waals surface area contributed by atoms with Gasteiger partial charge < -0.3 is 30.0 Å². The molecule has 0 spiro atoms. The number of rotatable bonds is 6. The van der Waals surface area contributed by atoms with Crippen molar-refractivity contribution in [3.8, 4) is 11.3 Å². The van der Waals surface area contributed by atoms with E-state index in [1.165, 1.54) is 23.2 Å². The Morgan fingerprint density at radius 3 is 2.60 bits per heavy atom. The second kappa shape index (κ2) is 11.0. The van der Waals surface area contributed by atoms with Crippen LogP contribution < -0.4 is 15.4 Å². The van der Waals surface area contributed by atoms with E-state index in [-0.39, 0.29) is 36.5 Å². The summed E-state index contributed by atoms with van der Waals surface area (Å²) >= 11 is 0. The first-order valence-corrected chi connectivity index (χ1v) is 13.6. The molecule has 0 bridgehead atoms. The lowest BCUT2D eigenvalue weighted by molar-refractivity contribution is -0.617. The van der Waals surface area contributed by atoms with Crippen LogP contribution in [0.25, 0.3) is 11.3 Å². The summed E-state index contributed by atoms with van der Waals surface area (Å²) < 4.78 is 38.9. The molecule has 2 atom stereocenters. The number of ether oxygens (including phenoxy) is 1. The topological polar surface area (TPSA) is 141 Å². The van der Waals surface area contributed by atoms with Crippen LogP contribution in [0.15, 0.2) is 53.2 Å². The van der Waals surface area contributed by atoms with Crippen LogP contribution in [0.4, 0.5) is 13.6 Å². The molecule has 11 nitrogen and oxygen atoms in total. The number of nitrogens with zero attached hydrogens (tertiary/aromatic N) is 3. The fourth-order valence-electron chi connectivity index (χ4n) is 5.02. The van der Waals surface area contributed by atoms with E-state index in [0.717, 1.165) is 6.07 Å². The van der Waals surface area contributed by atoms with E-state index in [1.807, 2.05) is 0 Å². The molecule has 42 heavy (non-hydrogen) atoms. The van der Waals surface area contributed by atoms with Gasteiger partial charge in [-0.2, -0.15) is 4.73 Å². The molecule has 3 heterocycles. The van der Waals surface area contributed by atoms with Gasteiger partial charge in [-0.15, -0.1) is 0 Å². The summed E-state index contributed by atoms with van der Waals surface area (Å²) in [5, 5.41) is 21.9. The zero-order valence-electron chi connectivity index (χ0n) is 23.4. The third-order valence-electron chi connectivity index (χ3n) is 7.28. The maximum absolute atomic E-state index is 14.2. The highest BCUT2D eigenvalue weighted by atomic mass is 19.1. The third-order valence-corrected chi connectivity index (χ3v) is 7.28.